The van der Waals surface area contributed by atoms with Gasteiger partial charge in [-0.15, -0.1) is 0 Å². The molecule has 0 heterocycles. The fourth-order valence-electron chi connectivity index (χ4n) is 0.875. The van der Waals surface area contributed by atoms with E-state index >= 15 is 0 Å². The first-order valence-corrected chi connectivity index (χ1v) is 4.08. The van der Waals surface area contributed by atoms with Crippen molar-refractivity contribution in [2.75, 3.05) is 0 Å². The van der Waals surface area contributed by atoms with Crippen LogP contribution >= 0.6 is 0 Å². The van der Waals surface area contributed by atoms with Gasteiger partial charge in [-0.05, 0) is 18.6 Å². The molecule has 0 saturated carbocycles. The van der Waals surface area contributed by atoms with Gasteiger partial charge in [0.2, 0.25) is 0 Å². The van der Waals surface area contributed by atoms with Crippen LogP contribution in [-0.2, 0) is 4.79 Å². The third kappa shape index (κ3) is 5.09. The molecule has 0 aromatic heterocycles. The second-order valence-corrected chi connectivity index (χ2v) is 2.54. The molecule has 0 amide bonds. The van der Waals surface area contributed by atoms with Crippen molar-refractivity contribution < 1.29 is 9.53 Å². The Labute approximate surface area is 101 Å². The Hall–Kier alpha value is -0.310. The van der Waals surface area contributed by atoms with Gasteiger partial charge >= 0.3 is 5.97 Å². The minimum absolute atomic E-state index is 0. The predicted octanol–water partition coefficient (Wildman–Crippen LogP) is 2.01. The maximum Gasteiger partial charge on any atom is 0.311 e. The number of hydrogen-bond donors (Lipinski definition) is 0. The number of carbonyl (C=O) groups is 1. The zero-order valence-electron chi connectivity index (χ0n) is 8.12. The van der Waals surface area contributed by atoms with Gasteiger partial charge in [0.15, 0.2) is 0 Å². The van der Waals surface area contributed by atoms with E-state index in [1.54, 1.807) is 12.1 Å². The summed E-state index contributed by atoms with van der Waals surface area (Å²) in [7, 11) is 0. The molecule has 0 aliphatic carbocycles. The van der Waals surface area contributed by atoms with E-state index in [2.05, 4.69) is 0 Å². The Bertz CT molecular complexity index is 246. The van der Waals surface area contributed by atoms with Crippen LogP contribution in [0.25, 0.3) is 0 Å². The Kier molecular flexibility index (Phi) is 6.96. The van der Waals surface area contributed by atoms with Crippen molar-refractivity contribution in [2.24, 2.45) is 0 Å². The summed E-state index contributed by atoms with van der Waals surface area (Å²) in [5.41, 5.74) is 0. The third-order valence-corrected chi connectivity index (χ3v) is 1.43. The molecule has 65 valence electrons. The first-order valence-electron chi connectivity index (χ1n) is 4.08. The van der Waals surface area contributed by atoms with Gasteiger partial charge in [-0.25, -0.2) is 0 Å². The Morgan fingerprint density at radius 3 is 2.46 bits per heavy atom. The van der Waals surface area contributed by atoms with Crippen LogP contribution in [0.15, 0.2) is 30.3 Å². The number of carbonyl (C=O) groups excluding carboxylic acids is 1. The van der Waals surface area contributed by atoms with Crippen molar-refractivity contribution in [3.05, 3.63) is 30.3 Å². The van der Waals surface area contributed by atoms with Gasteiger partial charge in [0.05, 0.1) is 0 Å². The molecule has 0 aliphatic heterocycles. The van der Waals surface area contributed by atoms with Crippen LogP contribution in [0.5, 0.6) is 5.75 Å². The summed E-state index contributed by atoms with van der Waals surface area (Å²) in [5, 5.41) is 0. The number of esters is 1. The van der Waals surface area contributed by atoms with E-state index in [4.69, 9.17) is 4.74 Å². The minimum atomic E-state index is -0.163. The maximum absolute atomic E-state index is 11.0. The summed E-state index contributed by atoms with van der Waals surface area (Å²) in [6.45, 7) is 1.95. The van der Waals surface area contributed by atoms with Crippen LogP contribution in [0, 0.1) is 0 Å². The Morgan fingerprint density at radius 1 is 1.31 bits per heavy atom. The van der Waals surface area contributed by atoms with Crippen molar-refractivity contribution in [1.29, 1.82) is 0 Å². The first-order chi connectivity index (χ1) is 5.83. The van der Waals surface area contributed by atoms with Crippen molar-refractivity contribution in [3.63, 3.8) is 0 Å². The molecule has 0 unspecified atom stereocenters. The fraction of sp³-hybridized carbons (Fsp3) is 0.300. The Morgan fingerprint density at radius 2 is 1.92 bits per heavy atom. The second kappa shape index (κ2) is 7.13. The van der Waals surface area contributed by atoms with Crippen LogP contribution < -0.4 is 4.74 Å². The molecule has 1 rings (SSSR count). The van der Waals surface area contributed by atoms with Crippen molar-refractivity contribution in [3.8, 4) is 5.75 Å². The van der Waals surface area contributed by atoms with Crippen molar-refractivity contribution in [1.82, 2.24) is 0 Å². The van der Waals surface area contributed by atoms with Gasteiger partial charge in [-0.2, -0.15) is 0 Å². The zero-order chi connectivity index (χ0) is 8.81. The first kappa shape index (κ1) is 12.7. The number of benzene rings is 1. The monoisotopic (exact) mass is 187 g/mol. The van der Waals surface area contributed by atoms with E-state index in [9.17, 15) is 4.79 Å². The quantitative estimate of drug-likeness (QED) is 0.411. The molecule has 0 N–H and O–H groups in total. The van der Waals surface area contributed by atoms with E-state index in [0.29, 0.717) is 12.2 Å². The molecule has 2 nitrogen and oxygen atoms in total. The summed E-state index contributed by atoms with van der Waals surface area (Å²) in [6.07, 6.45) is 1.31. The van der Waals surface area contributed by atoms with Crippen molar-refractivity contribution in [2.45, 2.75) is 19.8 Å². The molecule has 0 saturated heterocycles. The zero-order valence-corrected chi connectivity index (χ0v) is 10.1. The molecule has 1 radical (unpaired) electrons. The molecule has 0 spiro atoms. The molecule has 1 aromatic carbocycles. The number of rotatable bonds is 3. The second-order valence-electron chi connectivity index (χ2n) is 2.54. The molecule has 0 bridgehead atoms. The van der Waals surface area contributed by atoms with E-state index in [1.165, 1.54) is 0 Å². The van der Waals surface area contributed by atoms with Crippen molar-refractivity contribution >= 4 is 35.5 Å². The topological polar surface area (TPSA) is 26.3 Å². The normalized spacial score (nSPS) is 8.69. The smallest absolute Gasteiger partial charge is 0.311 e. The number of para-hydroxylation sites is 1. The molecular formula is C10H12NaO2. The SMILES string of the molecule is CCCC(=O)Oc1ccccc1.[Na]. The molecule has 3 heteroatoms. The number of hydrogen-bond acceptors (Lipinski definition) is 2. The predicted molar refractivity (Wildman–Crippen MR) is 52.7 cm³/mol. The van der Waals surface area contributed by atoms with Gasteiger partial charge in [0, 0.05) is 36.0 Å². The summed E-state index contributed by atoms with van der Waals surface area (Å²) >= 11 is 0. The molecule has 0 fully saturated rings. The van der Waals surface area contributed by atoms with Gasteiger partial charge in [-0.1, -0.05) is 25.1 Å². The molecule has 0 atom stereocenters. The van der Waals surface area contributed by atoms with Gasteiger partial charge < -0.3 is 4.74 Å². The average molecular weight is 187 g/mol. The number of ether oxygens (including phenoxy) is 1. The van der Waals surface area contributed by atoms with Gasteiger partial charge in [0.25, 0.3) is 0 Å². The van der Waals surface area contributed by atoms with Crippen LogP contribution in [0.4, 0.5) is 0 Å². The Balaban J connectivity index is 0.00000144. The van der Waals surface area contributed by atoms with E-state index < -0.39 is 0 Å². The molecule has 0 aliphatic rings. The van der Waals surface area contributed by atoms with E-state index in [1.807, 2.05) is 25.1 Å². The third-order valence-electron chi connectivity index (χ3n) is 1.43. The molecule has 13 heavy (non-hydrogen) atoms. The van der Waals surface area contributed by atoms with Crippen LogP contribution in [-0.4, -0.2) is 35.5 Å². The largest absolute Gasteiger partial charge is 0.427 e. The van der Waals surface area contributed by atoms with Gasteiger partial charge in [-0.3, -0.25) is 4.79 Å². The van der Waals surface area contributed by atoms with Gasteiger partial charge in [0.1, 0.15) is 5.75 Å². The standard InChI is InChI=1S/C10H12O2.Na/c1-2-6-10(11)12-9-7-4-3-5-8-9;/h3-5,7-8H,2,6H2,1H3;. The van der Waals surface area contributed by atoms with Crippen LogP contribution in [0.1, 0.15) is 19.8 Å². The maximum atomic E-state index is 11.0. The van der Waals surface area contributed by atoms with Crippen LogP contribution in [0.3, 0.4) is 0 Å². The van der Waals surface area contributed by atoms with E-state index in [-0.39, 0.29) is 35.5 Å². The molecular weight excluding hydrogens is 175 g/mol. The summed E-state index contributed by atoms with van der Waals surface area (Å²) in [6, 6.07) is 9.11. The molecule has 1 aromatic rings. The fourth-order valence-corrected chi connectivity index (χ4v) is 0.875. The summed E-state index contributed by atoms with van der Waals surface area (Å²) < 4.78 is 5.02. The minimum Gasteiger partial charge on any atom is -0.427 e. The summed E-state index contributed by atoms with van der Waals surface area (Å²) in [5.74, 6) is 0.458. The average Bonchev–Trinajstić information content (AvgIpc) is 2.06. The van der Waals surface area contributed by atoms with Crippen LogP contribution in [0.2, 0.25) is 0 Å². The summed E-state index contributed by atoms with van der Waals surface area (Å²) in [4.78, 5) is 11.0. The van der Waals surface area contributed by atoms with E-state index in [0.717, 1.165) is 6.42 Å².